The quantitative estimate of drug-likeness (QED) is 0.823. The number of nitrogens with one attached hydrogen (secondary N) is 1. The van der Waals surface area contributed by atoms with Gasteiger partial charge in [-0.05, 0) is 17.7 Å². The van der Waals surface area contributed by atoms with Crippen LogP contribution < -0.4 is 19.9 Å². The summed E-state index contributed by atoms with van der Waals surface area (Å²) in [5.41, 5.74) is 1.50. The fourth-order valence-electron chi connectivity index (χ4n) is 1.79. The summed E-state index contributed by atoms with van der Waals surface area (Å²) >= 11 is 1.36. The Balaban J connectivity index is 1.99. The molecular weight excluding hydrogens is 292 g/mol. The van der Waals surface area contributed by atoms with E-state index in [4.69, 9.17) is 9.47 Å². The van der Waals surface area contributed by atoms with E-state index >= 15 is 0 Å². The molecule has 1 N–H and O–H groups in total. The van der Waals surface area contributed by atoms with Crippen LogP contribution in [-0.2, 0) is 17.8 Å². The van der Waals surface area contributed by atoms with Gasteiger partial charge in [0.05, 0.1) is 19.9 Å². The van der Waals surface area contributed by atoms with Crippen LogP contribution in [0.3, 0.4) is 0 Å². The van der Waals surface area contributed by atoms with Crippen LogP contribution >= 0.6 is 11.3 Å². The van der Waals surface area contributed by atoms with Crippen molar-refractivity contribution in [2.24, 2.45) is 0 Å². The summed E-state index contributed by atoms with van der Waals surface area (Å²) in [5, 5.41) is 16.0. The van der Waals surface area contributed by atoms with Crippen LogP contribution in [-0.4, -0.2) is 25.2 Å². The van der Waals surface area contributed by atoms with Gasteiger partial charge in [0, 0.05) is 24.3 Å². The molecule has 1 heterocycles. The highest BCUT2D eigenvalue weighted by Crippen LogP contribution is 2.28. The third kappa shape index (κ3) is 4.09. The van der Waals surface area contributed by atoms with Crippen LogP contribution in [0, 0.1) is 0 Å². The number of carboxylic acids is 1. The number of nitrogens with zero attached hydrogens (tertiary/aromatic N) is 1. The van der Waals surface area contributed by atoms with Crippen molar-refractivity contribution in [2.45, 2.75) is 13.0 Å². The second-order valence-corrected chi connectivity index (χ2v) is 5.09. The Hall–Kier alpha value is -2.28. The summed E-state index contributed by atoms with van der Waals surface area (Å²) in [6.07, 6.45) is -0.172. The van der Waals surface area contributed by atoms with E-state index in [-0.39, 0.29) is 6.42 Å². The van der Waals surface area contributed by atoms with Gasteiger partial charge in [-0.25, -0.2) is 4.98 Å². The summed E-state index contributed by atoms with van der Waals surface area (Å²) in [4.78, 5) is 14.7. The van der Waals surface area contributed by atoms with Gasteiger partial charge in [0.2, 0.25) is 0 Å². The average molecular weight is 307 g/mol. The molecule has 112 valence electrons. The molecular formula is C14H15N2O4S-. The number of hydrogen-bond donors (Lipinski definition) is 1. The molecule has 1 aromatic heterocycles. The van der Waals surface area contributed by atoms with E-state index in [0.717, 1.165) is 5.56 Å². The Bertz CT molecular complexity index is 627. The molecule has 0 aliphatic rings. The zero-order valence-electron chi connectivity index (χ0n) is 11.7. The van der Waals surface area contributed by atoms with Crippen molar-refractivity contribution in [3.05, 3.63) is 34.8 Å². The summed E-state index contributed by atoms with van der Waals surface area (Å²) in [6, 6.07) is 5.63. The summed E-state index contributed by atoms with van der Waals surface area (Å²) in [7, 11) is 3.17. The fraction of sp³-hybridized carbons (Fsp3) is 0.286. The van der Waals surface area contributed by atoms with Gasteiger partial charge in [-0.2, -0.15) is 0 Å². The lowest BCUT2D eigenvalue weighted by atomic mass is 10.2. The van der Waals surface area contributed by atoms with Crippen LogP contribution in [0.25, 0.3) is 0 Å². The number of carbonyl (C=O) groups excluding carboxylic acids is 1. The standard InChI is InChI=1S/C14H16N2O4S/c1-19-11-4-3-9(5-12(11)20-2)7-15-14-16-10(8-21-14)6-13(17)18/h3-5,8H,6-7H2,1-2H3,(H,15,16)(H,17,18)/p-1. The van der Waals surface area contributed by atoms with Crippen molar-refractivity contribution in [1.29, 1.82) is 0 Å². The SMILES string of the molecule is COc1ccc(CNc2nc(CC(=O)[O-])cs2)cc1OC. The van der Waals surface area contributed by atoms with Crippen LogP contribution in [0.1, 0.15) is 11.3 Å². The van der Waals surface area contributed by atoms with Gasteiger partial charge < -0.3 is 24.7 Å². The third-order valence-electron chi connectivity index (χ3n) is 2.77. The maximum absolute atomic E-state index is 10.5. The van der Waals surface area contributed by atoms with Gasteiger partial charge in [0.25, 0.3) is 0 Å². The minimum absolute atomic E-state index is 0.172. The highest BCUT2D eigenvalue weighted by molar-refractivity contribution is 7.13. The minimum atomic E-state index is -1.13. The number of benzene rings is 1. The molecule has 1 aromatic carbocycles. The van der Waals surface area contributed by atoms with Gasteiger partial charge >= 0.3 is 0 Å². The monoisotopic (exact) mass is 307 g/mol. The smallest absolute Gasteiger partial charge is 0.183 e. The van der Waals surface area contributed by atoms with E-state index in [1.807, 2.05) is 18.2 Å². The van der Waals surface area contributed by atoms with Crippen LogP contribution in [0.15, 0.2) is 23.6 Å². The summed E-state index contributed by atoms with van der Waals surface area (Å²) in [6.45, 7) is 0.554. The normalized spacial score (nSPS) is 10.2. The molecule has 2 aromatic rings. The zero-order valence-corrected chi connectivity index (χ0v) is 12.5. The Kier molecular flexibility index (Phi) is 4.99. The summed E-state index contributed by atoms with van der Waals surface area (Å²) in [5.74, 6) is 0.201. The molecule has 0 spiro atoms. The number of carbonyl (C=O) groups is 1. The van der Waals surface area contributed by atoms with E-state index in [0.29, 0.717) is 28.9 Å². The van der Waals surface area contributed by atoms with Gasteiger partial charge in [-0.1, -0.05) is 6.07 Å². The maximum Gasteiger partial charge on any atom is 0.183 e. The Morgan fingerprint density at radius 2 is 2.10 bits per heavy atom. The molecule has 0 radical (unpaired) electrons. The van der Waals surface area contributed by atoms with Crippen molar-refractivity contribution >= 4 is 22.4 Å². The predicted octanol–water partition coefficient (Wildman–Crippen LogP) is 1.06. The lowest BCUT2D eigenvalue weighted by Crippen LogP contribution is -2.24. The molecule has 0 fully saturated rings. The maximum atomic E-state index is 10.5. The van der Waals surface area contributed by atoms with Gasteiger partial charge in [0.1, 0.15) is 0 Å². The van der Waals surface area contributed by atoms with Crippen molar-refractivity contribution < 1.29 is 19.4 Å². The first kappa shape index (κ1) is 15.1. The number of methoxy groups -OCH3 is 2. The number of hydrogen-bond acceptors (Lipinski definition) is 7. The Morgan fingerprint density at radius 3 is 2.76 bits per heavy atom. The molecule has 0 saturated heterocycles. The van der Waals surface area contributed by atoms with Crippen molar-refractivity contribution in [3.63, 3.8) is 0 Å². The minimum Gasteiger partial charge on any atom is -0.550 e. The molecule has 2 rings (SSSR count). The number of thiazole rings is 1. The number of carboxylic acid groups (broad SMARTS) is 1. The van der Waals surface area contributed by atoms with E-state index < -0.39 is 5.97 Å². The first-order valence-corrected chi connectivity index (χ1v) is 7.09. The number of anilines is 1. The van der Waals surface area contributed by atoms with Crippen LogP contribution in [0.2, 0.25) is 0 Å². The Morgan fingerprint density at radius 1 is 1.33 bits per heavy atom. The molecule has 0 amide bonds. The van der Waals surface area contributed by atoms with Gasteiger partial charge in [-0.15, -0.1) is 11.3 Å². The van der Waals surface area contributed by atoms with E-state index in [1.165, 1.54) is 11.3 Å². The lowest BCUT2D eigenvalue weighted by Gasteiger charge is -2.09. The number of rotatable bonds is 7. The van der Waals surface area contributed by atoms with E-state index in [2.05, 4.69) is 10.3 Å². The first-order chi connectivity index (χ1) is 10.1. The molecule has 6 nitrogen and oxygen atoms in total. The average Bonchev–Trinajstić information content (AvgIpc) is 2.91. The molecule has 0 bridgehead atoms. The van der Waals surface area contributed by atoms with Crippen molar-refractivity contribution in [2.75, 3.05) is 19.5 Å². The van der Waals surface area contributed by atoms with E-state index in [9.17, 15) is 9.90 Å². The third-order valence-corrected chi connectivity index (χ3v) is 3.62. The highest BCUT2D eigenvalue weighted by Gasteiger charge is 2.06. The van der Waals surface area contributed by atoms with E-state index in [1.54, 1.807) is 19.6 Å². The second-order valence-electron chi connectivity index (χ2n) is 4.24. The molecule has 7 heteroatoms. The number of aromatic nitrogens is 1. The zero-order chi connectivity index (χ0) is 15.2. The van der Waals surface area contributed by atoms with Crippen molar-refractivity contribution in [3.8, 4) is 11.5 Å². The molecule has 0 unspecified atom stereocenters. The lowest BCUT2D eigenvalue weighted by molar-refractivity contribution is -0.304. The molecule has 0 aliphatic carbocycles. The largest absolute Gasteiger partial charge is 0.550 e. The molecule has 21 heavy (non-hydrogen) atoms. The second kappa shape index (κ2) is 6.94. The predicted molar refractivity (Wildman–Crippen MR) is 77.7 cm³/mol. The van der Waals surface area contributed by atoms with Gasteiger partial charge in [-0.3, -0.25) is 0 Å². The topological polar surface area (TPSA) is 83.5 Å². The number of aliphatic carboxylic acids is 1. The summed E-state index contributed by atoms with van der Waals surface area (Å²) < 4.78 is 10.4. The van der Waals surface area contributed by atoms with Crippen LogP contribution in [0.5, 0.6) is 11.5 Å². The molecule has 0 atom stereocenters. The fourth-order valence-corrected chi connectivity index (χ4v) is 2.49. The first-order valence-electron chi connectivity index (χ1n) is 6.21. The number of ether oxygens (including phenoxy) is 2. The highest BCUT2D eigenvalue weighted by atomic mass is 32.1. The Labute approximate surface area is 126 Å². The van der Waals surface area contributed by atoms with Crippen LogP contribution in [0.4, 0.5) is 5.13 Å². The molecule has 0 saturated carbocycles. The van der Waals surface area contributed by atoms with Crippen molar-refractivity contribution in [1.82, 2.24) is 4.98 Å². The molecule has 0 aliphatic heterocycles. The van der Waals surface area contributed by atoms with Gasteiger partial charge in [0.15, 0.2) is 16.6 Å².